The highest BCUT2D eigenvalue weighted by Crippen LogP contribution is 2.34. The van der Waals surface area contributed by atoms with Gasteiger partial charge in [-0.2, -0.15) is 0 Å². The van der Waals surface area contributed by atoms with E-state index in [4.69, 9.17) is 9.47 Å². The molecule has 0 aliphatic carbocycles. The van der Waals surface area contributed by atoms with Crippen LogP contribution in [0, 0.1) is 0 Å². The van der Waals surface area contributed by atoms with Crippen molar-refractivity contribution in [3.8, 4) is 11.5 Å². The van der Waals surface area contributed by atoms with Gasteiger partial charge in [-0.05, 0) is 18.2 Å². The molecule has 21 heavy (non-hydrogen) atoms. The van der Waals surface area contributed by atoms with Gasteiger partial charge in [-0.1, -0.05) is 11.2 Å². The van der Waals surface area contributed by atoms with Gasteiger partial charge in [-0.3, -0.25) is 15.1 Å². The van der Waals surface area contributed by atoms with E-state index in [0.717, 1.165) is 5.56 Å². The Bertz CT molecular complexity index is 673. The first kappa shape index (κ1) is 12.9. The molecule has 106 valence electrons. The number of carbonyl (C=O) groups is 1. The summed E-state index contributed by atoms with van der Waals surface area (Å²) in [4.78, 5) is 20.2. The Morgan fingerprint density at radius 3 is 3.10 bits per heavy atom. The normalized spacial score (nSPS) is 12.4. The molecule has 0 atom stereocenters. The van der Waals surface area contributed by atoms with Crippen molar-refractivity contribution in [2.45, 2.75) is 0 Å². The molecule has 0 spiro atoms. The number of aromatic nitrogens is 1. The standard InChI is InChI=1S/C14H11N3O4/c18-14(21-16-8-10-2-1-5-15-7-10)17-11-3-4-12-13(6-11)20-9-19-12/h1-8H,9H2,(H,17,18)/b16-8+. The summed E-state index contributed by atoms with van der Waals surface area (Å²) in [6.07, 6.45) is 3.94. The van der Waals surface area contributed by atoms with Crippen LogP contribution in [0.1, 0.15) is 5.56 Å². The maximum atomic E-state index is 11.6. The lowest BCUT2D eigenvalue weighted by molar-refractivity contribution is 0.167. The van der Waals surface area contributed by atoms with Crippen LogP contribution in [-0.2, 0) is 4.84 Å². The van der Waals surface area contributed by atoms with E-state index >= 15 is 0 Å². The van der Waals surface area contributed by atoms with Gasteiger partial charge in [0.1, 0.15) is 0 Å². The number of rotatable bonds is 3. The van der Waals surface area contributed by atoms with Crippen molar-refractivity contribution in [1.29, 1.82) is 0 Å². The van der Waals surface area contributed by atoms with Crippen LogP contribution in [0.4, 0.5) is 10.5 Å². The van der Waals surface area contributed by atoms with E-state index in [1.54, 1.807) is 42.7 Å². The molecule has 2 aromatic rings. The van der Waals surface area contributed by atoms with Crippen LogP contribution in [-0.4, -0.2) is 24.1 Å². The summed E-state index contributed by atoms with van der Waals surface area (Å²) >= 11 is 0. The number of hydrogen-bond acceptors (Lipinski definition) is 6. The van der Waals surface area contributed by atoms with Crippen molar-refractivity contribution < 1.29 is 19.1 Å². The number of pyridine rings is 1. The molecule has 7 heteroatoms. The summed E-state index contributed by atoms with van der Waals surface area (Å²) in [5.74, 6) is 1.22. The Balaban J connectivity index is 1.56. The van der Waals surface area contributed by atoms with Crippen molar-refractivity contribution in [2.75, 3.05) is 12.1 Å². The van der Waals surface area contributed by atoms with Crippen LogP contribution in [0.3, 0.4) is 0 Å². The van der Waals surface area contributed by atoms with Crippen molar-refractivity contribution in [2.24, 2.45) is 5.16 Å². The molecule has 1 aromatic carbocycles. The zero-order valence-corrected chi connectivity index (χ0v) is 10.9. The molecule has 0 bridgehead atoms. The van der Waals surface area contributed by atoms with E-state index < -0.39 is 6.09 Å². The Morgan fingerprint density at radius 1 is 1.33 bits per heavy atom. The minimum atomic E-state index is -0.700. The van der Waals surface area contributed by atoms with E-state index in [0.29, 0.717) is 17.2 Å². The Labute approximate surface area is 120 Å². The van der Waals surface area contributed by atoms with Gasteiger partial charge in [0.2, 0.25) is 6.79 Å². The molecule has 1 aliphatic heterocycles. The predicted octanol–water partition coefficient (Wildman–Crippen LogP) is 2.39. The second kappa shape index (κ2) is 5.91. The van der Waals surface area contributed by atoms with Gasteiger partial charge in [0.25, 0.3) is 0 Å². The van der Waals surface area contributed by atoms with Crippen molar-refractivity contribution in [1.82, 2.24) is 4.98 Å². The number of benzene rings is 1. The van der Waals surface area contributed by atoms with Crippen molar-refractivity contribution in [3.05, 3.63) is 48.3 Å². The van der Waals surface area contributed by atoms with E-state index in [1.807, 2.05) is 0 Å². The molecule has 1 N–H and O–H groups in total. The lowest BCUT2D eigenvalue weighted by atomic mass is 10.3. The molecule has 0 saturated heterocycles. The van der Waals surface area contributed by atoms with Crippen molar-refractivity contribution in [3.63, 3.8) is 0 Å². The molecule has 0 saturated carbocycles. The zero-order valence-electron chi connectivity index (χ0n) is 10.9. The predicted molar refractivity (Wildman–Crippen MR) is 74.5 cm³/mol. The number of fused-ring (bicyclic) bond motifs is 1. The van der Waals surface area contributed by atoms with Crippen LogP contribution >= 0.6 is 0 Å². The summed E-state index contributed by atoms with van der Waals surface area (Å²) in [6.45, 7) is 0.179. The number of nitrogens with one attached hydrogen (secondary N) is 1. The topological polar surface area (TPSA) is 82.0 Å². The maximum absolute atomic E-state index is 11.6. The smallest absolute Gasteiger partial charge is 0.437 e. The first-order chi connectivity index (χ1) is 10.3. The summed E-state index contributed by atoms with van der Waals surface area (Å²) in [7, 11) is 0. The second-order valence-corrected chi connectivity index (χ2v) is 4.09. The van der Waals surface area contributed by atoms with Crippen LogP contribution in [0.25, 0.3) is 0 Å². The van der Waals surface area contributed by atoms with Crippen molar-refractivity contribution >= 4 is 18.0 Å². The van der Waals surface area contributed by atoms with E-state index in [-0.39, 0.29) is 6.79 Å². The molecule has 0 fully saturated rings. The molecule has 1 amide bonds. The molecule has 1 aliphatic rings. The summed E-state index contributed by atoms with van der Waals surface area (Å²) in [6, 6.07) is 8.58. The largest absolute Gasteiger partial charge is 0.454 e. The van der Waals surface area contributed by atoms with Crippen LogP contribution in [0.5, 0.6) is 11.5 Å². The average molecular weight is 285 g/mol. The molecular formula is C14H11N3O4. The first-order valence-corrected chi connectivity index (χ1v) is 6.12. The number of carbonyl (C=O) groups excluding carboxylic acids is 1. The van der Waals surface area contributed by atoms with Gasteiger partial charge in [0, 0.05) is 29.7 Å². The summed E-state index contributed by atoms with van der Waals surface area (Å²) in [5, 5.41) is 6.11. The van der Waals surface area contributed by atoms with Crippen LogP contribution in [0.15, 0.2) is 47.9 Å². The summed E-state index contributed by atoms with van der Waals surface area (Å²) in [5.41, 5.74) is 1.26. The maximum Gasteiger partial charge on any atom is 0.437 e. The quantitative estimate of drug-likeness (QED) is 0.532. The molecule has 0 radical (unpaired) electrons. The Morgan fingerprint density at radius 2 is 2.24 bits per heavy atom. The van der Waals surface area contributed by atoms with Gasteiger partial charge in [0.15, 0.2) is 11.5 Å². The number of oxime groups is 1. The van der Waals surface area contributed by atoms with E-state index in [9.17, 15) is 4.79 Å². The molecule has 2 heterocycles. The van der Waals surface area contributed by atoms with Gasteiger partial charge in [-0.25, -0.2) is 4.79 Å². The fraction of sp³-hybridized carbons (Fsp3) is 0.0714. The lowest BCUT2D eigenvalue weighted by Crippen LogP contribution is -2.10. The highest BCUT2D eigenvalue weighted by atomic mass is 16.7. The Kier molecular flexibility index (Phi) is 3.64. The average Bonchev–Trinajstić information content (AvgIpc) is 2.96. The molecule has 0 unspecified atom stereocenters. The highest BCUT2D eigenvalue weighted by molar-refractivity contribution is 5.86. The van der Waals surface area contributed by atoms with Crippen LogP contribution < -0.4 is 14.8 Å². The second-order valence-electron chi connectivity index (χ2n) is 4.09. The van der Waals surface area contributed by atoms with Crippen LogP contribution in [0.2, 0.25) is 0 Å². The molecular weight excluding hydrogens is 274 g/mol. The minimum absolute atomic E-state index is 0.179. The third kappa shape index (κ3) is 3.27. The Hall–Kier alpha value is -3.09. The molecule has 3 rings (SSSR count). The number of ether oxygens (including phenoxy) is 2. The van der Waals surface area contributed by atoms with Gasteiger partial charge >= 0.3 is 6.09 Å². The minimum Gasteiger partial charge on any atom is -0.454 e. The fourth-order valence-corrected chi connectivity index (χ4v) is 1.70. The number of hydrogen-bond donors (Lipinski definition) is 1. The molecule has 1 aromatic heterocycles. The third-order valence-corrected chi connectivity index (χ3v) is 2.64. The van der Waals surface area contributed by atoms with E-state index in [2.05, 4.69) is 20.3 Å². The lowest BCUT2D eigenvalue weighted by Gasteiger charge is -2.03. The van der Waals surface area contributed by atoms with Gasteiger partial charge < -0.3 is 9.47 Å². The SMILES string of the molecule is O=C(Nc1ccc2c(c1)OCO2)O/N=C/c1cccnc1. The third-order valence-electron chi connectivity index (χ3n) is 2.64. The summed E-state index contributed by atoms with van der Waals surface area (Å²) < 4.78 is 10.4. The van der Waals surface area contributed by atoms with Gasteiger partial charge in [0.05, 0.1) is 6.21 Å². The van der Waals surface area contributed by atoms with E-state index in [1.165, 1.54) is 6.21 Å². The highest BCUT2D eigenvalue weighted by Gasteiger charge is 2.14. The number of anilines is 1. The number of amides is 1. The first-order valence-electron chi connectivity index (χ1n) is 6.12. The molecule has 7 nitrogen and oxygen atoms in total. The van der Waals surface area contributed by atoms with Gasteiger partial charge in [-0.15, -0.1) is 0 Å². The monoisotopic (exact) mass is 285 g/mol. The zero-order chi connectivity index (χ0) is 14.5. The number of nitrogens with zero attached hydrogens (tertiary/aromatic N) is 2. The fourth-order valence-electron chi connectivity index (χ4n) is 1.70.